The van der Waals surface area contributed by atoms with Crippen molar-refractivity contribution in [1.82, 2.24) is 0 Å². The van der Waals surface area contributed by atoms with E-state index in [1.807, 2.05) is 0 Å². The topological polar surface area (TPSA) is 0 Å². The third kappa shape index (κ3) is 22.7. The predicted molar refractivity (Wildman–Crippen MR) is 2.50 cm³/mol. The third-order valence-electron chi connectivity index (χ3n) is 0. The Morgan fingerprint density at radius 1 is 0.600 bits per heavy atom. The fraction of sp³-hybridized carbons (Fsp3) is 0. The maximum Gasteiger partial charge on any atom is 3.00 e. The van der Waals surface area contributed by atoms with Crippen LogP contribution in [0.2, 0.25) is 0 Å². The summed E-state index contributed by atoms with van der Waals surface area (Å²) in [5.41, 5.74) is 0. The molecule has 0 saturated carbocycles. The van der Waals surface area contributed by atoms with Crippen LogP contribution in [0.3, 0.4) is 0 Å². The zero-order valence-electron chi connectivity index (χ0n) is 2.04. The Bertz CT molecular complexity index is 6.85. The number of hydrogen-bond acceptors (Lipinski definition) is 0. The fourth-order valence-corrected chi connectivity index (χ4v) is 0. The standard InChI is InChI=1S/Ce.3ClH.FH/h;4*1H/q+3;;;;/p-3. The van der Waals surface area contributed by atoms with Crippen LogP contribution >= 0.6 is 0 Å². The molecule has 33 valence electrons. The van der Waals surface area contributed by atoms with Crippen molar-refractivity contribution in [2.24, 2.45) is 0 Å². The quantitative estimate of drug-likeness (QED) is 0.409. The van der Waals surface area contributed by atoms with Gasteiger partial charge in [0.15, 0.2) is 0 Å². The minimum Gasteiger partial charge on any atom is -1.00 e. The van der Waals surface area contributed by atoms with Crippen molar-refractivity contribution in [3.63, 3.8) is 0 Å². The normalized spacial score (nSPS) is 0. The molecule has 0 rings (SSSR count). The molecule has 0 aromatic rings. The Hall–Kier alpha value is 2.18. The van der Waals surface area contributed by atoms with E-state index in [0.29, 0.717) is 0 Å². The van der Waals surface area contributed by atoms with Crippen LogP contribution in [0.5, 0.6) is 0 Å². The van der Waals surface area contributed by atoms with Crippen LogP contribution in [0.15, 0.2) is 0 Å². The Labute approximate surface area is 82.4 Å². The van der Waals surface area contributed by atoms with Gasteiger partial charge in [-0.1, -0.05) is 0 Å². The van der Waals surface area contributed by atoms with Gasteiger partial charge >= 0.3 is 41.7 Å². The summed E-state index contributed by atoms with van der Waals surface area (Å²) in [6.07, 6.45) is 0. The van der Waals surface area contributed by atoms with Gasteiger partial charge < -0.3 is 37.2 Å². The second-order valence-electron chi connectivity index (χ2n) is 0. The Kier molecular flexibility index (Phi) is 404. The van der Waals surface area contributed by atoms with Gasteiger partial charge in [0.25, 0.3) is 0 Å². The van der Waals surface area contributed by atoms with Crippen LogP contribution in [0.4, 0.5) is 4.70 Å². The molecule has 0 aromatic carbocycles. The van der Waals surface area contributed by atoms with Crippen molar-refractivity contribution < 1.29 is 83.7 Å². The predicted octanol–water partition coefficient (Wildman–Crippen LogP) is -8.84. The third-order valence-corrected chi connectivity index (χ3v) is 0. The van der Waals surface area contributed by atoms with E-state index in [1.165, 1.54) is 0 Å². The molecule has 0 atom stereocenters. The van der Waals surface area contributed by atoms with Crippen molar-refractivity contribution in [1.29, 1.82) is 0 Å². The molecule has 0 nitrogen and oxygen atoms in total. The largest absolute Gasteiger partial charge is 3.00 e. The van der Waals surface area contributed by atoms with Gasteiger partial charge in [-0.3, -0.25) is 4.70 Å². The summed E-state index contributed by atoms with van der Waals surface area (Å²) >= 11 is 0. The average molecular weight is 266 g/mol. The van der Waals surface area contributed by atoms with Crippen molar-refractivity contribution >= 4 is 0 Å². The monoisotopic (exact) mass is 265 g/mol. The molecule has 0 spiro atoms. The van der Waals surface area contributed by atoms with Gasteiger partial charge in [0.2, 0.25) is 0 Å². The SMILES string of the molecule is F.[Ce+3].[Cl-].[Cl-].[Cl-]. The van der Waals surface area contributed by atoms with Crippen LogP contribution in [-0.4, -0.2) is 0 Å². The molecule has 5 heteroatoms. The van der Waals surface area contributed by atoms with E-state index in [0.717, 1.165) is 0 Å². The first-order valence-corrected chi connectivity index (χ1v) is 0. The van der Waals surface area contributed by atoms with Gasteiger partial charge in [-0.25, -0.2) is 0 Å². The summed E-state index contributed by atoms with van der Waals surface area (Å²) in [4.78, 5) is 0. The van der Waals surface area contributed by atoms with Gasteiger partial charge in [-0.15, -0.1) is 0 Å². The molecule has 0 N–H and O–H groups in total. The molecular formula is HCeCl3F. The fourth-order valence-electron chi connectivity index (χ4n) is 0. The molecule has 0 aliphatic rings. The summed E-state index contributed by atoms with van der Waals surface area (Å²) in [6.45, 7) is 0. The van der Waals surface area contributed by atoms with Gasteiger partial charge in [-0.05, 0) is 0 Å². The maximum absolute atomic E-state index is 0. The van der Waals surface area contributed by atoms with E-state index < -0.39 is 0 Å². The van der Waals surface area contributed by atoms with E-state index in [4.69, 9.17) is 0 Å². The summed E-state index contributed by atoms with van der Waals surface area (Å²) in [5.74, 6) is 0. The van der Waals surface area contributed by atoms with Crippen LogP contribution in [0.1, 0.15) is 0 Å². The second-order valence-corrected chi connectivity index (χ2v) is 0. The minimum absolute atomic E-state index is 0. The summed E-state index contributed by atoms with van der Waals surface area (Å²) in [6, 6.07) is 0. The molecule has 0 saturated heterocycles. The van der Waals surface area contributed by atoms with E-state index in [-0.39, 0.29) is 83.7 Å². The van der Waals surface area contributed by atoms with Gasteiger partial charge in [0, 0.05) is 0 Å². The van der Waals surface area contributed by atoms with E-state index in [2.05, 4.69) is 0 Å². The number of hydrogen-bond donors (Lipinski definition) is 0. The van der Waals surface area contributed by atoms with Crippen molar-refractivity contribution in [2.45, 2.75) is 0 Å². The van der Waals surface area contributed by atoms with Gasteiger partial charge in [0.1, 0.15) is 0 Å². The van der Waals surface area contributed by atoms with Crippen molar-refractivity contribution in [3.05, 3.63) is 0 Å². The van der Waals surface area contributed by atoms with Gasteiger partial charge in [0.05, 0.1) is 0 Å². The van der Waals surface area contributed by atoms with Crippen molar-refractivity contribution in [3.8, 4) is 0 Å². The molecular weight excluding hydrogens is 265 g/mol. The first-order chi connectivity index (χ1) is 0. The molecule has 0 aliphatic carbocycles. The van der Waals surface area contributed by atoms with Crippen LogP contribution in [0, 0.1) is 41.7 Å². The molecule has 0 unspecified atom stereocenters. The molecule has 0 amide bonds. The van der Waals surface area contributed by atoms with E-state index in [9.17, 15) is 0 Å². The molecule has 0 bridgehead atoms. The van der Waals surface area contributed by atoms with Crippen LogP contribution < -0.4 is 37.2 Å². The first-order valence-electron chi connectivity index (χ1n) is 0. The molecule has 0 aromatic heterocycles. The Balaban J connectivity index is 0. The summed E-state index contributed by atoms with van der Waals surface area (Å²) < 4.78 is 0. The van der Waals surface area contributed by atoms with Crippen LogP contribution in [-0.2, 0) is 0 Å². The first kappa shape index (κ1) is 57.8. The second kappa shape index (κ2) is 34.9. The molecule has 1 radical (unpaired) electrons. The molecule has 0 heterocycles. The zero-order valence-corrected chi connectivity index (χ0v) is 7.45. The Morgan fingerprint density at radius 3 is 0.600 bits per heavy atom. The summed E-state index contributed by atoms with van der Waals surface area (Å²) in [5, 5.41) is 0. The van der Waals surface area contributed by atoms with E-state index >= 15 is 0 Å². The Morgan fingerprint density at radius 2 is 0.600 bits per heavy atom. The van der Waals surface area contributed by atoms with Gasteiger partial charge in [-0.2, -0.15) is 0 Å². The van der Waals surface area contributed by atoms with E-state index in [1.54, 1.807) is 0 Å². The molecule has 5 heavy (non-hydrogen) atoms. The van der Waals surface area contributed by atoms with Crippen LogP contribution in [0.25, 0.3) is 0 Å². The number of halogens is 4. The molecule has 0 aliphatic heterocycles. The van der Waals surface area contributed by atoms with Crippen molar-refractivity contribution in [2.75, 3.05) is 0 Å². The zero-order chi connectivity index (χ0) is 0. The average Bonchev–Trinajstić information content (AvgIpc) is 0. The smallest absolute Gasteiger partial charge is 1.00 e. The molecule has 0 fully saturated rings. The minimum atomic E-state index is 0. The summed E-state index contributed by atoms with van der Waals surface area (Å²) in [7, 11) is 0. The maximum atomic E-state index is 0. The number of rotatable bonds is 0.